The van der Waals surface area contributed by atoms with Crippen LogP contribution < -0.4 is 5.56 Å². The Morgan fingerprint density at radius 1 is 1.15 bits per heavy atom. The molecule has 136 valence electrons. The summed E-state index contributed by atoms with van der Waals surface area (Å²) in [6, 6.07) is 0.444. The average Bonchev–Trinajstić information content (AvgIpc) is 3.16. The van der Waals surface area contributed by atoms with E-state index in [0.29, 0.717) is 10.7 Å². The quantitative estimate of drug-likeness (QED) is 0.601. The number of hydrogen-bond donors (Lipinski definition) is 0. The van der Waals surface area contributed by atoms with Crippen LogP contribution in [0.4, 0.5) is 4.79 Å². The lowest BCUT2D eigenvalue weighted by Gasteiger charge is -2.34. The summed E-state index contributed by atoms with van der Waals surface area (Å²) in [5.41, 5.74) is 0.0138. The fourth-order valence-electron chi connectivity index (χ4n) is 3.77. The molecule has 3 heterocycles. The lowest BCUT2D eigenvalue weighted by molar-refractivity contribution is -0.144. The highest BCUT2D eigenvalue weighted by molar-refractivity contribution is 7.15. The normalized spacial score (nSPS) is 24.1. The van der Waals surface area contributed by atoms with Gasteiger partial charge in [-0.15, -0.1) is 11.3 Å². The summed E-state index contributed by atoms with van der Waals surface area (Å²) in [4.78, 5) is 56.5. The van der Waals surface area contributed by atoms with Crippen LogP contribution in [0.15, 0.2) is 22.4 Å². The molecule has 0 bridgehead atoms. The van der Waals surface area contributed by atoms with Crippen molar-refractivity contribution < 1.29 is 14.4 Å². The number of thiazole rings is 1. The van der Waals surface area contributed by atoms with Crippen LogP contribution in [0.2, 0.25) is 0 Å². The molecule has 0 aromatic carbocycles. The first kappa shape index (κ1) is 16.9. The first-order valence-corrected chi connectivity index (χ1v) is 9.50. The first-order chi connectivity index (χ1) is 12.5. The second-order valence-electron chi connectivity index (χ2n) is 6.82. The predicted octanol–water partition coefficient (Wildman–Crippen LogP) is 1.63. The van der Waals surface area contributed by atoms with Gasteiger partial charge in [-0.05, 0) is 18.8 Å². The SMILES string of the molecule is C[C@H]1CCCC[C@H]1N1C(=O)C(=O)N(Cc2cc(=O)n3ccsc3n2)C1=O. The van der Waals surface area contributed by atoms with Gasteiger partial charge >= 0.3 is 17.8 Å². The van der Waals surface area contributed by atoms with E-state index < -0.39 is 17.8 Å². The Kier molecular flexibility index (Phi) is 4.10. The van der Waals surface area contributed by atoms with Crippen LogP contribution in [0.3, 0.4) is 0 Å². The third-order valence-corrected chi connectivity index (χ3v) is 5.91. The average molecular weight is 374 g/mol. The molecule has 2 fully saturated rings. The third kappa shape index (κ3) is 2.63. The topological polar surface area (TPSA) is 92.1 Å². The summed E-state index contributed by atoms with van der Waals surface area (Å²) >= 11 is 1.29. The van der Waals surface area contributed by atoms with Crippen LogP contribution in [0.1, 0.15) is 38.3 Å². The van der Waals surface area contributed by atoms with Crippen molar-refractivity contribution in [2.75, 3.05) is 0 Å². The zero-order chi connectivity index (χ0) is 18.4. The number of fused-ring (bicyclic) bond motifs is 1. The maximum Gasteiger partial charge on any atom is 0.334 e. The molecule has 4 rings (SSSR count). The second-order valence-corrected chi connectivity index (χ2v) is 7.69. The molecular weight excluding hydrogens is 356 g/mol. The standard InChI is InChI=1S/C17H18N4O4S/c1-10-4-2-3-5-12(10)21-15(24)14(23)20(17(21)25)9-11-8-13(22)19-6-7-26-16(19)18-11/h6-8,10,12H,2-5,9H2,1H3/t10-,12+/m0/s1. The minimum Gasteiger partial charge on any atom is -0.269 e. The minimum atomic E-state index is -0.846. The lowest BCUT2D eigenvalue weighted by atomic mass is 9.85. The Hall–Kier alpha value is -2.55. The van der Waals surface area contributed by atoms with Gasteiger partial charge in [-0.25, -0.2) is 14.7 Å². The molecule has 0 unspecified atom stereocenters. The third-order valence-electron chi connectivity index (χ3n) is 5.16. The largest absolute Gasteiger partial charge is 0.334 e. The van der Waals surface area contributed by atoms with E-state index in [1.807, 2.05) is 6.92 Å². The predicted molar refractivity (Wildman–Crippen MR) is 93.6 cm³/mol. The van der Waals surface area contributed by atoms with Crippen LogP contribution in [0.5, 0.6) is 0 Å². The molecule has 1 aliphatic heterocycles. The van der Waals surface area contributed by atoms with E-state index in [0.717, 1.165) is 35.5 Å². The summed E-state index contributed by atoms with van der Waals surface area (Å²) < 4.78 is 1.39. The highest BCUT2D eigenvalue weighted by Gasteiger charge is 2.49. The summed E-state index contributed by atoms with van der Waals surface area (Å²) in [5.74, 6) is -1.45. The highest BCUT2D eigenvalue weighted by atomic mass is 32.1. The van der Waals surface area contributed by atoms with Gasteiger partial charge < -0.3 is 0 Å². The van der Waals surface area contributed by atoms with Crippen molar-refractivity contribution in [3.05, 3.63) is 33.7 Å². The smallest absolute Gasteiger partial charge is 0.269 e. The number of carbonyl (C=O) groups is 3. The second kappa shape index (κ2) is 6.31. The minimum absolute atomic E-state index is 0.176. The molecule has 9 heteroatoms. The number of nitrogens with zero attached hydrogens (tertiary/aromatic N) is 4. The highest BCUT2D eigenvalue weighted by Crippen LogP contribution is 2.31. The first-order valence-electron chi connectivity index (χ1n) is 8.62. The number of urea groups is 1. The maximum absolute atomic E-state index is 12.8. The molecule has 2 atom stereocenters. The van der Waals surface area contributed by atoms with Crippen molar-refractivity contribution in [3.8, 4) is 0 Å². The van der Waals surface area contributed by atoms with Gasteiger partial charge in [0, 0.05) is 23.7 Å². The lowest BCUT2D eigenvalue weighted by Crippen LogP contribution is -2.46. The number of hydrogen-bond acceptors (Lipinski definition) is 6. The van der Waals surface area contributed by atoms with E-state index >= 15 is 0 Å². The van der Waals surface area contributed by atoms with Crippen molar-refractivity contribution in [3.63, 3.8) is 0 Å². The van der Waals surface area contributed by atoms with Crippen LogP contribution >= 0.6 is 11.3 Å². The molecular formula is C17H18N4O4S. The van der Waals surface area contributed by atoms with E-state index in [4.69, 9.17) is 0 Å². The van der Waals surface area contributed by atoms with Crippen molar-refractivity contribution >= 4 is 34.1 Å². The van der Waals surface area contributed by atoms with Crippen LogP contribution in [-0.4, -0.2) is 43.1 Å². The molecule has 1 saturated heterocycles. The van der Waals surface area contributed by atoms with Gasteiger partial charge in [-0.1, -0.05) is 19.8 Å². The van der Waals surface area contributed by atoms with Gasteiger partial charge in [-0.2, -0.15) is 0 Å². The monoisotopic (exact) mass is 374 g/mol. The number of aromatic nitrogens is 2. The van der Waals surface area contributed by atoms with E-state index in [1.54, 1.807) is 11.6 Å². The molecule has 4 amide bonds. The van der Waals surface area contributed by atoms with E-state index in [9.17, 15) is 19.2 Å². The zero-order valence-corrected chi connectivity index (χ0v) is 15.1. The van der Waals surface area contributed by atoms with E-state index in [1.165, 1.54) is 21.8 Å². The molecule has 0 radical (unpaired) electrons. The zero-order valence-electron chi connectivity index (χ0n) is 14.3. The van der Waals surface area contributed by atoms with Gasteiger partial charge in [0.2, 0.25) is 0 Å². The van der Waals surface area contributed by atoms with E-state index in [2.05, 4.69) is 4.98 Å². The van der Waals surface area contributed by atoms with Gasteiger partial charge in [0.05, 0.1) is 12.2 Å². The molecule has 1 saturated carbocycles. The molecule has 0 N–H and O–H groups in total. The number of rotatable bonds is 3. The number of amides is 4. The molecule has 2 aromatic heterocycles. The molecule has 2 aromatic rings. The molecule has 0 spiro atoms. The molecule has 26 heavy (non-hydrogen) atoms. The summed E-state index contributed by atoms with van der Waals surface area (Å²) in [6.45, 7) is 1.83. The van der Waals surface area contributed by atoms with Gasteiger partial charge in [0.1, 0.15) is 0 Å². The van der Waals surface area contributed by atoms with Crippen LogP contribution in [0.25, 0.3) is 4.96 Å². The van der Waals surface area contributed by atoms with Gasteiger partial charge in [0.15, 0.2) is 4.96 Å². The molecule has 1 aliphatic carbocycles. The number of imide groups is 2. The Labute approximate surface area is 153 Å². The maximum atomic E-state index is 12.8. The number of carbonyl (C=O) groups excluding carboxylic acids is 3. The Balaban J connectivity index is 1.62. The van der Waals surface area contributed by atoms with Crippen LogP contribution in [0, 0.1) is 5.92 Å². The van der Waals surface area contributed by atoms with Gasteiger partial charge in [-0.3, -0.25) is 23.7 Å². The van der Waals surface area contributed by atoms with Crippen molar-refractivity contribution in [1.29, 1.82) is 0 Å². The fourth-order valence-corrected chi connectivity index (χ4v) is 4.50. The Bertz CT molecular complexity index is 965. The Morgan fingerprint density at radius 2 is 1.92 bits per heavy atom. The molecule has 8 nitrogen and oxygen atoms in total. The molecule has 2 aliphatic rings. The van der Waals surface area contributed by atoms with Crippen molar-refractivity contribution in [1.82, 2.24) is 19.2 Å². The summed E-state index contributed by atoms with van der Waals surface area (Å²) in [7, 11) is 0. The summed E-state index contributed by atoms with van der Waals surface area (Å²) in [6.07, 6.45) is 5.28. The van der Waals surface area contributed by atoms with E-state index in [-0.39, 0.29) is 24.1 Å². The fraction of sp³-hybridized carbons (Fsp3) is 0.471. The van der Waals surface area contributed by atoms with Crippen molar-refractivity contribution in [2.45, 2.75) is 45.2 Å². The Morgan fingerprint density at radius 3 is 2.69 bits per heavy atom. The van der Waals surface area contributed by atoms with Gasteiger partial charge in [0.25, 0.3) is 5.56 Å². The van der Waals surface area contributed by atoms with Crippen molar-refractivity contribution in [2.24, 2.45) is 5.92 Å². The summed E-state index contributed by atoms with van der Waals surface area (Å²) in [5, 5.41) is 1.73. The van der Waals surface area contributed by atoms with Crippen LogP contribution in [-0.2, 0) is 16.1 Å².